The van der Waals surface area contributed by atoms with Crippen molar-refractivity contribution in [3.05, 3.63) is 59.7 Å². The number of hydrogen-bond donors (Lipinski definition) is 0. The highest BCUT2D eigenvalue weighted by molar-refractivity contribution is 7.99. The number of benzene rings is 2. The van der Waals surface area contributed by atoms with E-state index in [2.05, 4.69) is 42.2 Å². The number of carbonyl (C=O) groups excluding carboxylic acids is 1. The Morgan fingerprint density at radius 2 is 1.96 bits per heavy atom. The molecule has 0 saturated carbocycles. The molecule has 0 radical (unpaired) electrons. The van der Waals surface area contributed by atoms with Gasteiger partial charge in [0.2, 0.25) is 11.7 Å². The first-order valence-corrected chi connectivity index (χ1v) is 10.1. The second-order valence-corrected chi connectivity index (χ2v) is 7.80. The van der Waals surface area contributed by atoms with Gasteiger partial charge in [-0.2, -0.15) is 4.98 Å². The number of thioether (sulfide) groups is 1. The maximum atomic E-state index is 12.6. The lowest BCUT2D eigenvalue weighted by molar-refractivity contribution is -0.116. The minimum Gasteiger partial charge on any atom is -0.327 e. The van der Waals surface area contributed by atoms with Crippen LogP contribution in [0.1, 0.15) is 30.9 Å². The molecule has 1 amide bonds. The summed E-state index contributed by atoms with van der Waals surface area (Å²) in [6, 6.07) is 16.2. The quantitative estimate of drug-likeness (QED) is 0.609. The van der Waals surface area contributed by atoms with Gasteiger partial charge in [-0.1, -0.05) is 73.2 Å². The number of para-hydroxylation sites is 1. The maximum Gasteiger partial charge on any atom is 0.286 e. The van der Waals surface area contributed by atoms with E-state index in [1.807, 2.05) is 35.2 Å². The molecule has 0 aliphatic carbocycles. The Bertz CT molecular complexity index is 950. The van der Waals surface area contributed by atoms with Crippen molar-refractivity contribution in [1.29, 1.82) is 0 Å². The number of anilines is 1. The lowest BCUT2D eigenvalue weighted by atomic mass is 10.0. The smallest absolute Gasteiger partial charge is 0.286 e. The molecule has 6 heteroatoms. The third kappa shape index (κ3) is 3.76. The van der Waals surface area contributed by atoms with Gasteiger partial charge in [-0.15, -0.1) is 0 Å². The zero-order valence-electron chi connectivity index (χ0n) is 15.4. The van der Waals surface area contributed by atoms with Gasteiger partial charge in [0.05, 0.1) is 5.75 Å². The van der Waals surface area contributed by atoms with Crippen LogP contribution >= 0.6 is 11.8 Å². The number of amides is 1. The molecule has 2 aromatic carbocycles. The zero-order valence-corrected chi connectivity index (χ0v) is 16.2. The van der Waals surface area contributed by atoms with E-state index in [9.17, 15) is 4.79 Å². The van der Waals surface area contributed by atoms with Gasteiger partial charge in [-0.25, -0.2) is 0 Å². The number of fused-ring (bicyclic) bond motifs is 1. The van der Waals surface area contributed by atoms with Gasteiger partial charge in [0.15, 0.2) is 0 Å². The average molecular weight is 379 g/mol. The molecule has 5 nitrogen and oxygen atoms in total. The summed E-state index contributed by atoms with van der Waals surface area (Å²) >= 11 is 1.28. The normalized spacial score (nSPS) is 13.2. The topological polar surface area (TPSA) is 59.2 Å². The van der Waals surface area contributed by atoms with Crippen molar-refractivity contribution in [1.82, 2.24) is 10.1 Å². The van der Waals surface area contributed by atoms with Crippen molar-refractivity contribution < 1.29 is 9.32 Å². The standard InChI is InChI=1S/C21H21N3O2S/c1-14(2)15-7-9-17(10-8-15)20-22-21(26-23-20)27-13-19(25)24-12-11-16-5-3-4-6-18(16)24/h3-10,14H,11-13H2,1-2H3. The summed E-state index contributed by atoms with van der Waals surface area (Å²) in [5, 5.41) is 4.46. The highest BCUT2D eigenvalue weighted by Gasteiger charge is 2.24. The molecule has 0 atom stereocenters. The van der Waals surface area contributed by atoms with Gasteiger partial charge >= 0.3 is 0 Å². The molecular weight excluding hydrogens is 358 g/mol. The first-order valence-electron chi connectivity index (χ1n) is 9.07. The predicted octanol–water partition coefficient (Wildman–Crippen LogP) is 4.54. The zero-order chi connectivity index (χ0) is 18.8. The van der Waals surface area contributed by atoms with Crippen LogP contribution in [0, 0.1) is 0 Å². The van der Waals surface area contributed by atoms with E-state index in [4.69, 9.17) is 4.52 Å². The largest absolute Gasteiger partial charge is 0.327 e. The Hall–Kier alpha value is -2.60. The fourth-order valence-corrected chi connectivity index (χ4v) is 3.85. The molecule has 0 spiro atoms. The highest BCUT2D eigenvalue weighted by atomic mass is 32.2. The summed E-state index contributed by atoms with van der Waals surface area (Å²) < 4.78 is 5.31. The average Bonchev–Trinajstić information content (AvgIpc) is 3.33. The molecule has 3 aromatic rings. The molecule has 0 fully saturated rings. The van der Waals surface area contributed by atoms with Crippen molar-refractivity contribution in [2.45, 2.75) is 31.4 Å². The fraction of sp³-hybridized carbons (Fsp3) is 0.286. The van der Waals surface area contributed by atoms with Gasteiger partial charge < -0.3 is 9.42 Å². The second-order valence-electron chi connectivity index (χ2n) is 6.87. The summed E-state index contributed by atoms with van der Waals surface area (Å²) in [6.07, 6.45) is 0.906. The molecule has 1 aliphatic rings. The fourth-order valence-electron chi connectivity index (χ4n) is 3.20. The first-order chi connectivity index (χ1) is 13.1. The van der Waals surface area contributed by atoms with E-state index >= 15 is 0 Å². The van der Waals surface area contributed by atoms with Crippen LogP contribution in [-0.4, -0.2) is 28.3 Å². The van der Waals surface area contributed by atoms with Crippen LogP contribution in [0.2, 0.25) is 0 Å². The lowest BCUT2D eigenvalue weighted by Gasteiger charge is -2.16. The summed E-state index contributed by atoms with van der Waals surface area (Å²) in [5.74, 6) is 1.37. The number of carbonyl (C=O) groups is 1. The van der Waals surface area contributed by atoms with Gasteiger partial charge in [0, 0.05) is 17.8 Å². The number of hydrogen-bond acceptors (Lipinski definition) is 5. The Morgan fingerprint density at radius 3 is 2.74 bits per heavy atom. The predicted molar refractivity (Wildman–Crippen MR) is 107 cm³/mol. The SMILES string of the molecule is CC(C)c1ccc(-c2noc(SCC(=O)N3CCc4ccccc43)n2)cc1. The van der Waals surface area contributed by atoms with Crippen LogP contribution in [0.5, 0.6) is 0 Å². The van der Waals surface area contributed by atoms with Crippen LogP contribution in [0.3, 0.4) is 0 Å². The molecule has 1 aromatic heterocycles. The lowest BCUT2D eigenvalue weighted by Crippen LogP contribution is -2.30. The van der Waals surface area contributed by atoms with Crippen molar-refractivity contribution in [2.75, 3.05) is 17.2 Å². The minimum absolute atomic E-state index is 0.0611. The molecule has 4 rings (SSSR count). The summed E-state index contributed by atoms with van der Waals surface area (Å²) in [4.78, 5) is 18.8. The number of rotatable bonds is 5. The molecule has 2 heterocycles. The molecule has 0 N–H and O–H groups in total. The number of aromatic nitrogens is 2. The Morgan fingerprint density at radius 1 is 1.19 bits per heavy atom. The van der Waals surface area contributed by atoms with Gasteiger partial charge in [0.25, 0.3) is 5.22 Å². The minimum atomic E-state index is 0.0611. The van der Waals surface area contributed by atoms with E-state index in [-0.39, 0.29) is 11.7 Å². The third-order valence-corrected chi connectivity index (χ3v) is 5.55. The monoisotopic (exact) mass is 379 g/mol. The van der Waals surface area contributed by atoms with E-state index < -0.39 is 0 Å². The summed E-state index contributed by atoms with van der Waals surface area (Å²) in [6.45, 7) is 5.05. The molecule has 0 saturated heterocycles. The molecule has 1 aliphatic heterocycles. The van der Waals surface area contributed by atoms with Crippen LogP contribution < -0.4 is 4.90 Å². The van der Waals surface area contributed by atoms with E-state index in [1.54, 1.807) is 0 Å². The Labute approximate surface area is 162 Å². The number of nitrogens with zero attached hydrogens (tertiary/aromatic N) is 3. The van der Waals surface area contributed by atoms with Crippen LogP contribution in [0.15, 0.2) is 58.3 Å². The van der Waals surface area contributed by atoms with Crippen LogP contribution in [-0.2, 0) is 11.2 Å². The van der Waals surface area contributed by atoms with Crippen molar-refractivity contribution >= 4 is 23.4 Å². The van der Waals surface area contributed by atoms with E-state index in [0.29, 0.717) is 17.0 Å². The Balaban J connectivity index is 1.39. The van der Waals surface area contributed by atoms with Crippen molar-refractivity contribution in [3.8, 4) is 11.4 Å². The van der Waals surface area contributed by atoms with Crippen LogP contribution in [0.4, 0.5) is 5.69 Å². The van der Waals surface area contributed by atoms with Crippen molar-refractivity contribution in [3.63, 3.8) is 0 Å². The molecule has 0 unspecified atom stereocenters. The summed E-state index contributed by atoms with van der Waals surface area (Å²) in [7, 11) is 0. The Kier molecular flexibility index (Phi) is 4.99. The first kappa shape index (κ1) is 17.8. The molecule has 138 valence electrons. The summed E-state index contributed by atoms with van der Waals surface area (Å²) in [5.41, 5.74) is 4.42. The van der Waals surface area contributed by atoms with Gasteiger partial charge in [-0.05, 0) is 29.5 Å². The van der Waals surface area contributed by atoms with E-state index in [0.717, 1.165) is 24.2 Å². The molecule has 0 bridgehead atoms. The third-order valence-electron chi connectivity index (χ3n) is 4.75. The highest BCUT2D eigenvalue weighted by Crippen LogP contribution is 2.29. The van der Waals surface area contributed by atoms with Crippen molar-refractivity contribution in [2.24, 2.45) is 0 Å². The second kappa shape index (κ2) is 7.56. The molecule has 27 heavy (non-hydrogen) atoms. The van der Waals surface area contributed by atoms with E-state index in [1.165, 1.54) is 22.9 Å². The maximum absolute atomic E-state index is 12.6. The van der Waals surface area contributed by atoms with Gasteiger partial charge in [-0.3, -0.25) is 4.79 Å². The van der Waals surface area contributed by atoms with Gasteiger partial charge in [0.1, 0.15) is 0 Å². The molecular formula is C21H21N3O2S. The van der Waals surface area contributed by atoms with Crippen LogP contribution in [0.25, 0.3) is 11.4 Å².